The quantitative estimate of drug-likeness (QED) is 0.871. The van der Waals surface area contributed by atoms with Gasteiger partial charge in [-0.25, -0.2) is 0 Å². The van der Waals surface area contributed by atoms with Crippen LogP contribution in [0.25, 0.3) is 0 Å². The lowest BCUT2D eigenvalue weighted by molar-refractivity contribution is -0.0649. The molecule has 1 fully saturated rings. The topological polar surface area (TPSA) is 38.7 Å². The summed E-state index contributed by atoms with van der Waals surface area (Å²) in [6.07, 6.45) is 2.49. The van der Waals surface area contributed by atoms with Gasteiger partial charge in [0.15, 0.2) is 0 Å². The van der Waals surface area contributed by atoms with Crippen LogP contribution in [-0.2, 0) is 15.9 Å². The Bertz CT molecular complexity index is 404. The molecule has 3 heteroatoms. The smallest absolute Gasteiger partial charge is 0.0832 e. The maximum atomic E-state index is 10.0. The summed E-state index contributed by atoms with van der Waals surface area (Å²) >= 11 is 0. The van der Waals surface area contributed by atoms with E-state index in [9.17, 15) is 5.11 Å². The number of fused-ring (bicyclic) bond motifs is 1. The SMILES string of the molecule is OC1CCOCC1CC1OCCc2ccccc21. The van der Waals surface area contributed by atoms with E-state index in [2.05, 4.69) is 24.3 Å². The van der Waals surface area contributed by atoms with Crippen LogP contribution in [0.2, 0.25) is 0 Å². The number of benzene rings is 1. The van der Waals surface area contributed by atoms with Gasteiger partial charge < -0.3 is 14.6 Å². The maximum Gasteiger partial charge on any atom is 0.0832 e. The summed E-state index contributed by atoms with van der Waals surface area (Å²) in [4.78, 5) is 0. The molecule has 3 atom stereocenters. The monoisotopic (exact) mass is 248 g/mol. The van der Waals surface area contributed by atoms with Gasteiger partial charge in [0, 0.05) is 12.5 Å². The molecule has 2 aliphatic heterocycles. The Hall–Kier alpha value is -0.900. The summed E-state index contributed by atoms with van der Waals surface area (Å²) in [5, 5.41) is 10.0. The van der Waals surface area contributed by atoms with E-state index in [4.69, 9.17) is 9.47 Å². The summed E-state index contributed by atoms with van der Waals surface area (Å²) < 4.78 is 11.4. The van der Waals surface area contributed by atoms with Gasteiger partial charge in [-0.15, -0.1) is 0 Å². The zero-order valence-electron chi connectivity index (χ0n) is 10.5. The second-order valence-corrected chi connectivity index (χ2v) is 5.23. The third-order valence-corrected chi connectivity index (χ3v) is 4.04. The molecule has 0 amide bonds. The van der Waals surface area contributed by atoms with E-state index in [-0.39, 0.29) is 18.1 Å². The van der Waals surface area contributed by atoms with Crippen LogP contribution in [0.15, 0.2) is 24.3 Å². The van der Waals surface area contributed by atoms with Crippen molar-refractivity contribution in [3.05, 3.63) is 35.4 Å². The van der Waals surface area contributed by atoms with E-state index in [0.717, 1.165) is 25.9 Å². The first-order chi connectivity index (χ1) is 8.84. The third-order valence-electron chi connectivity index (χ3n) is 4.04. The van der Waals surface area contributed by atoms with E-state index in [1.165, 1.54) is 11.1 Å². The van der Waals surface area contributed by atoms with Crippen molar-refractivity contribution in [1.29, 1.82) is 0 Å². The highest BCUT2D eigenvalue weighted by atomic mass is 16.5. The molecular formula is C15H20O3. The molecule has 1 aromatic carbocycles. The second-order valence-electron chi connectivity index (χ2n) is 5.23. The van der Waals surface area contributed by atoms with Gasteiger partial charge in [0.25, 0.3) is 0 Å². The summed E-state index contributed by atoms with van der Waals surface area (Å²) in [5.74, 6) is 0.204. The van der Waals surface area contributed by atoms with Gasteiger partial charge in [-0.1, -0.05) is 24.3 Å². The van der Waals surface area contributed by atoms with Crippen LogP contribution in [0.4, 0.5) is 0 Å². The predicted molar refractivity (Wildman–Crippen MR) is 68.4 cm³/mol. The van der Waals surface area contributed by atoms with Crippen molar-refractivity contribution < 1.29 is 14.6 Å². The molecule has 18 heavy (non-hydrogen) atoms. The van der Waals surface area contributed by atoms with E-state index < -0.39 is 0 Å². The van der Waals surface area contributed by atoms with Crippen LogP contribution >= 0.6 is 0 Å². The van der Waals surface area contributed by atoms with Crippen molar-refractivity contribution in [3.8, 4) is 0 Å². The van der Waals surface area contributed by atoms with Gasteiger partial charge in [0.1, 0.15) is 0 Å². The molecule has 0 aliphatic carbocycles. The minimum Gasteiger partial charge on any atom is -0.393 e. The molecule has 0 bridgehead atoms. The van der Waals surface area contributed by atoms with E-state index >= 15 is 0 Å². The first kappa shape index (κ1) is 12.2. The number of ether oxygens (including phenoxy) is 2. The van der Waals surface area contributed by atoms with Crippen molar-refractivity contribution in [2.24, 2.45) is 5.92 Å². The Morgan fingerprint density at radius 1 is 1.22 bits per heavy atom. The van der Waals surface area contributed by atoms with Crippen LogP contribution in [0.3, 0.4) is 0 Å². The largest absolute Gasteiger partial charge is 0.393 e. The molecule has 1 aromatic rings. The standard InChI is InChI=1S/C15H20O3/c16-14-6-7-17-10-12(14)9-15-13-4-2-1-3-11(13)5-8-18-15/h1-4,12,14-16H,5-10H2. The molecule has 0 aromatic heterocycles. The van der Waals surface area contributed by atoms with E-state index in [1.807, 2.05) is 0 Å². The normalized spacial score (nSPS) is 31.9. The number of rotatable bonds is 2. The lowest BCUT2D eigenvalue weighted by Crippen LogP contribution is -2.34. The van der Waals surface area contributed by atoms with Crippen molar-refractivity contribution in [2.75, 3.05) is 19.8 Å². The molecule has 98 valence electrons. The highest BCUT2D eigenvalue weighted by Gasteiger charge is 2.29. The lowest BCUT2D eigenvalue weighted by Gasteiger charge is -2.33. The molecule has 3 rings (SSSR count). The molecule has 0 saturated carbocycles. The first-order valence-electron chi connectivity index (χ1n) is 6.80. The second kappa shape index (κ2) is 5.39. The Morgan fingerprint density at radius 2 is 2.11 bits per heavy atom. The summed E-state index contributed by atoms with van der Waals surface area (Å²) in [6, 6.07) is 8.47. The van der Waals surface area contributed by atoms with Gasteiger partial charge in [0.2, 0.25) is 0 Å². The highest BCUT2D eigenvalue weighted by Crippen LogP contribution is 2.34. The molecule has 2 aliphatic rings. The van der Waals surface area contributed by atoms with Crippen molar-refractivity contribution in [1.82, 2.24) is 0 Å². The fraction of sp³-hybridized carbons (Fsp3) is 0.600. The van der Waals surface area contributed by atoms with Gasteiger partial charge in [-0.05, 0) is 30.4 Å². The van der Waals surface area contributed by atoms with Crippen LogP contribution in [-0.4, -0.2) is 31.0 Å². The molecule has 3 nitrogen and oxygen atoms in total. The Labute approximate surface area is 108 Å². The lowest BCUT2D eigenvalue weighted by atomic mass is 9.87. The van der Waals surface area contributed by atoms with Gasteiger partial charge in [-0.3, -0.25) is 0 Å². The van der Waals surface area contributed by atoms with E-state index in [1.54, 1.807) is 0 Å². The van der Waals surface area contributed by atoms with Crippen LogP contribution < -0.4 is 0 Å². The Balaban J connectivity index is 1.73. The van der Waals surface area contributed by atoms with Crippen molar-refractivity contribution in [3.63, 3.8) is 0 Å². The minimum absolute atomic E-state index is 0.122. The van der Waals surface area contributed by atoms with Gasteiger partial charge in [-0.2, -0.15) is 0 Å². The van der Waals surface area contributed by atoms with Crippen LogP contribution in [0.5, 0.6) is 0 Å². The molecular weight excluding hydrogens is 228 g/mol. The zero-order valence-corrected chi connectivity index (χ0v) is 10.5. The molecule has 0 spiro atoms. The first-order valence-corrected chi connectivity index (χ1v) is 6.80. The number of hydrogen-bond donors (Lipinski definition) is 1. The fourth-order valence-corrected chi connectivity index (χ4v) is 2.96. The Morgan fingerprint density at radius 3 is 3.00 bits per heavy atom. The average molecular weight is 248 g/mol. The Kier molecular flexibility index (Phi) is 3.64. The summed E-state index contributed by atoms with van der Waals surface area (Å²) in [6.45, 7) is 2.12. The van der Waals surface area contributed by atoms with Crippen molar-refractivity contribution in [2.45, 2.75) is 31.5 Å². The predicted octanol–water partition coefficient (Wildman–Crippen LogP) is 2.09. The van der Waals surface area contributed by atoms with Gasteiger partial charge in [0.05, 0.1) is 25.4 Å². The van der Waals surface area contributed by atoms with Crippen LogP contribution in [0.1, 0.15) is 30.1 Å². The number of hydrogen-bond acceptors (Lipinski definition) is 3. The zero-order chi connectivity index (χ0) is 12.4. The summed E-state index contributed by atoms with van der Waals surface area (Å²) in [7, 11) is 0. The maximum absolute atomic E-state index is 10.0. The molecule has 0 radical (unpaired) electrons. The van der Waals surface area contributed by atoms with Crippen molar-refractivity contribution >= 4 is 0 Å². The number of aliphatic hydroxyl groups excluding tert-OH is 1. The molecule has 1 N–H and O–H groups in total. The number of aliphatic hydroxyl groups is 1. The summed E-state index contributed by atoms with van der Waals surface area (Å²) in [5.41, 5.74) is 2.68. The highest BCUT2D eigenvalue weighted by molar-refractivity contribution is 5.30. The average Bonchev–Trinajstić information content (AvgIpc) is 2.42. The third kappa shape index (κ3) is 2.44. The molecule has 1 saturated heterocycles. The minimum atomic E-state index is -0.239. The van der Waals surface area contributed by atoms with E-state index in [0.29, 0.717) is 13.2 Å². The van der Waals surface area contributed by atoms with Crippen LogP contribution in [0, 0.1) is 5.92 Å². The molecule has 3 unspecified atom stereocenters. The molecule has 2 heterocycles. The fourth-order valence-electron chi connectivity index (χ4n) is 2.96. The van der Waals surface area contributed by atoms with Gasteiger partial charge >= 0.3 is 0 Å².